The van der Waals surface area contributed by atoms with E-state index in [0.29, 0.717) is 0 Å². The van der Waals surface area contributed by atoms with Crippen molar-refractivity contribution in [3.8, 4) is 0 Å². The number of carbonyl (C=O) groups is 1. The SMILES string of the molecule is CCCNC(C)(CCCN(C)C1CCCC1)C(=O)OC. The lowest BCUT2D eigenvalue weighted by atomic mass is 9.95. The van der Waals surface area contributed by atoms with E-state index in [9.17, 15) is 4.79 Å². The van der Waals surface area contributed by atoms with Gasteiger partial charge in [-0.2, -0.15) is 0 Å². The van der Waals surface area contributed by atoms with Crippen LogP contribution in [0, 0.1) is 0 Å². The number of nitrogens with one attached hydrogen (secondary N) is 1. The molecule has 0 bridgehead atoms. The van der Waals surface area contributed by atoms with Gasteiger partial charge in [-0.15, -0.1) is 0 Å². The summed E-state index contributed by atoms with van der Waals surface area (Å²) >= 11 is 0. The molecule has 0 aromatic rings. The zero-order valence-electron chi connectivity index (χ0n) is 13.7. The molecule has 1 unspecified atom stereocenters. The lowest BCUT2D eigenvalue weighted by molar-refractivity contribution is -0.148. The molecule has 1 N–H and O–H groups in total. The van der Waals surface area contributed by atoms with E-state index in [1.807, 2.05) is 6.92 Å². The monoisotopic (exact) mass is 284 g/mol. The minimum absolute atomic E-state index is 0.144. The molecule has 0 heterocycles. The van der Waals surface area contributed by atoms with Crippen molar-refractivity contribution in [1.29, 1.82) is 0 Å². The Labute approximate surface area is 124 Å². The predicted octanol–water partition coefficient (Wildman–Crippen LogP) is 2.57. The highest BCUT2D eigenvalue weighted by molar-refractivity contribution is 5.80. The van der Waals surface area contributed by atoms with Crippen molar-refractivity contribution in [2.75, 3.05) is 27.2 Å². The molecule has 4 nitrogen and oxygen atoms in total. The lowest BCUT2D eigenvalue weighted by Crippen LogP contribution is -2.50. The van der Waals surface area contributed by atoms with Gasteiger partial charge in [0.1, 0.15) is 5.54 Å². The Morgan fingerprint density at radius 2 is 2.05 bits per heavy atom. The molecule has 1 rings (SSSR count). The third-order valence-electron chi connectivity index (χ3n) is 4.54. The van der Waals surface area contributed by atoms with Crippen LogP contribution in [-0.2, 0) is 9.53 Å². The minimum Gasteiger partial charge on any atom is -0.468 e. The number of methoxy groups -OCH3 is 1. The van der Waals surface area contributed by atoms with Gasteiger partial charge in [0, 0.05) is 6.04 Å². The van der Waals surface area contributed by atoms with Gasteiger partial charge in [0.15, 0.2) is 0 Å². The Morgan fingerprint density at radius 3 is 2.60 bits per heavy atom. The predicted molar refractivity (Wildman–Crippen MR) is 82.8 cm³/mol. The molecule has 1 aliphatic rings. The smallest absolute Gasteiger partial charge is 0.325 e. The third kappa shape index (κ3) is 5.06. The van der Waals surface area contributed by atoms with E-state index in [0.717, 1.165) is 38.4 Å². The first-order chi connectivity index (χ1) is 9.53. The Hall–Kier alpha value is -0.610. The fourth-order valence-corrected chi connectivity index (χ4v) is 3.10. The summed E-state index contributed by atoms with van der Waals surface area (Å²) in [6.45, 7) is 5.98. The molecule has 0 aromatic carbocycles. The van der Waals surface area contributed by atoms with Gasteiger partial charge in [-0.05, 0) is 59.2 Å². The average molecular weight is 284 g/mol. The Balaban J connectivity index is 2.39. The van der Waals surface area contributed by atoms with Crippen LogP contribution in [0.1, 0.15) is 58.8 Å². The quantitative estimate of drug-likeness (QED) is 0.661. The van der Waals surface area contributed by atoms with Crippen LogP contribution in [0.3, 0.4) is 0 Å². The summed E-state index contributed by atoms with van der Waals surface area (Å²) in [5.74, 6) is -0.144. The molecule has 1 aliphatic carbocycles. The Bertz CT molecular complexity index is 290. The average Bonchev–Trinajstić information content (AvgIpc) is 2.98. The molecular formula is C16H32N2O2. The molecule has 0 aliphatic heterocycles. The summed E-state index contributed by atoms with van der Waals surface area (Å²) in [5.41, 5.74) is -0.540. The summed E-state index contributed by atoms with van der Waals surface area (Å²) in [5, 5.41) is 3.35. The second-order valence-electron chi connectivity index (χ2n) is 6.27. The van der Waals surface area contributed by atoms with Crippen molar-refractivity contribution in [3.63, 3.8) is 0 Å². The van der Waals surface area contributed by atoms with Crippen LogP contribution >= 0.6 is 0 Å². The third-order valence-corrected chi connectivity index (χ3v) is 4.54. The Morgan fingerprint density at radius 1 is 1.40 bits per heavy atom. The van der Waals surface area contributed by atoms with Gasteiger partial charge in [-0.1, -0.05) is 19.8 Å². The van der Waals surface area contributed by atoms with Gasteiger partial charge in [-0.3, -0.25) is 4.79 Å². The zero-order chi connectivity index (χ0) is 15.0. The molecular weight excluding hydrogens is 252 g/mol. The van der Waals surface area contributed by atoms with Gasteiger partial charge >= 0.3 is 5.97 Å². The number of carbonyl (C=O) groups excluding carboxylic acids is 1. The molecule has 1 atom stereocenters. The van der Waals surface area contributed by atoms with Crippen LogP contribution in [0.4, 0.5) is 0 Å². The first-order valence-electron chi connectivity index (χ1n) is 8.07. The maximum atomic E-state index is 12.0. The molecule has 118 valence electrons. The van der Waals surface area contributed by atoms with Crippen LogP contribution in [0.15, 0.2) is 0 Å². The highest BCUT2D eigenvalue weighted by Crippen LogP contribution is 2.23. The van der Waals surface area contributed by atoms with Crippen molar-refractivity contribution < 1.29 is 9.53 Å². The first kappa shape index (κ1) is 17.4. The molecule has 0 spiro atoms. The first-order valence-corrected chi connectivity index (χ1v) is 8.07. The summed E-state index contributed by atoms with van der Waals surface area (Å²) in [7, 11) is 3.68. The summed E-state index contributed by atoms with van der Waals surface area (Å²) in [4.78, 5) is 14.4. The number of esters is 1. The van der Waals surface area contributed by atoms with Crippen LogP contribution in [0.25, 0.3) is 0 Å². The molecule has 0 saturated heterocycles. The van der Waals surface area contributed by atoms with Crippen LogP contribution < -0.4 is 5.32 Å². The maximum Gasteiger partial charge on any atom is 0.325 e. The molecule has 20 heavy (non-hydrogen) atoms. The summed E-state index contributed by atoms with van der Waals surface area (Å²) in [6.07, 6.45) is 8.28. The summed E-state index contributed by atoms with van der Waals surface area (Å²) < 4.78 is 4.95. The normalized spacial score (nSPS) is 19.2. The van der Waals surface area contributed by atoms with Crippen LogP contribution in [-0.4, -0.2) is 49.7 Å². The van der Waals surface area contributed by atoms with Gasteiger partial charge in [0.25, 0.3) is 0 Å². The molecule has 0 amide bonds. The van der Waals surface area contributed by atoms with Gasteiger partial charge in [-0.25, -0.2) is 0 Å². The minimum atomic E-state index is -0.540. The molecule has 4 heteroatoms. The van der Waals surface area contributed by atoms with E-state index < -0.39 is 5.54 Å². The number of rotatable bonds is 9. The molecule has 1 saturated carbocycles. The summed E-state index contributed by atoms with van der Waals surface area (Å²) in [6, 6.07) is 0.753. The number of hydrogen-bond donors (Lipinski definition) is 1. The number of ether oxygens (including phenoxy) is 1. The van der Waals surface area contributed by atoms with Gasteiger partial charge < -0.3 is 15.0 Å². The van der Waals surface area contributed by atoms with Crippen LogP contribution in [0.2, 0.25) is 0 Å². The topological polar surface area (TPSA) is 41.6 Å². The van der Waals surface area contributed by atoms with Gasteiger partial charge in [0.05, 0.1) is 7.11 Å². The van der Waals surface area contributed by atoms with Crippen molar-refractivity contribution in [2.24, 2.45) is 0 Å². The second kappa shape index (κ2) is 8.63. The number of nitrogens with zero attached hydrogens (tertiary/aromatic N) is 1. The molecule has 0 aromatic heterocycles. The fraction of sp³-hybridized carbons (Fsp3) is 0.938. The maximum absolute atomic E-state index is 12.0. The van der Waals surface area contributed by atoms with Crippen molar-refractivity contribution in [1.82, 2.24) is 10.2 Å². The standard InChI is InChI=1S/C16H32N2O2/c1-5-12-17-16(2,15(19)20-4)11-8-13-18(3)14-9-6-7-10-14/h14,17H,5-13H2,1-4H3. The number of hydrogen-bond acceptors (Lipinski definition) is 4. The highest BCUT2D eigenvalue weighted by atomic mass is 16.5. The molecule has 0 radical (unpaired) electrons. The van der Waals surface area contributed by atoms with E-state index >= 15 is 0 Å². The van der Waals surface area contributed by atoms with E-state index in [1.165, 1.54) is 32.8 Å². The highest BCUT2D eigenvalue weighted by Gasteiger charge is 2.33. The zero-order valence-corrected chi connectivity index (χ0v) is 13.7. The largest absolute Gasteiger partial charge is 0.468 e. The Kier molecular flexibility index (Phi) is 7.52. The van der Waals surface area contributed by atoms with Gasteiger partial charge in [0.2, 0.25) is 0 Å². The van der Waals surface area contributed by atoms with Crippen LogP contribution in [0.5, 0.6) is 0 Å². The lowest BCUT2D eigenvalue weighted by Gasteiger charge is -2.30. The van der Waals surface area contributed by atoms with E-state index in [-0.39, 0.29) is 5.97 Å². The van der Waals surface area contributed by atoms with E-state index in [1.54, 1.807) is 0 Å². The second-order valence-corrected chi connectivity index (χ2v) is 6.27. The van der Waals surface area contributed by atoms with Crippen molar-refractivity contribution >= 4 is 5.97 Å². The van der Waals surface area contributed by atoms with Crippen molar-refractivity contribution in [3.05, 3.63) is 0 Å². The van der Waals surface area contributed by atoms with Crippen molar-refractivity contribution in [2.45, 2.75) is 70.4 Å². The fourth-order valence-electron chi connectivity index (χ4n) is 3.10. The van der Waals surface area contributed by atoms with E-state index in [2.05, 4.69) is 24.2 Å². The van der Waals surface area contributed by atoms with E-state index in [4.69, 9.17) is 4.74 Å². The molecule has 1 fully saturated rings.